The third-order valence-electron chi connectivity index (χ3n) is 4.40. The molecule has 1 unspecified atom stereocenters. The number of rotatable bonds is 8. The normalized spacial score (nSPS) is 15.9. The van der Waals surface area contributed by atoms with Crippen LogP contribution in [-0.4, -0.2) is 50.4 Å². The molecular weight excluding hydrogens is 380 g/mol. The first kappa shape index (κ1) is 20.3. The van der Waals surface area contributed by atoms with Crippen molar-refractivity contribution in [2.24, 2.45) is 0 Å². The fraction of sp³-hybridized carbons (Fsp3) is 0.381. The SMILES string of the molecule is CN(CCOc1ccc(Cl)cc1)C(=O)Nc1cccc(OCC2CCCO2)c1. The van der Waals surface area contributed by atoms with Crippen LogP contribution in [-0.2, 0) is 4.74 Å². The van der Waals surface area contributed by atoms with Crippen molar-refractivity contribution in [1.82, 2.24) is 4.90 Å². The molecule has 6 nitrogen and oxygen atoms in total. The molecule has 2 amide bonds. The van der Waals surface area contributed by atoms with E-state index in [9.17, 15) is 4.79 Å². The van der Waals surface area contributed by atoms with Crippen molar-refractivity contribution in [3.63, 3.8) is 0 Å². The van der Waals surface area contributed by atoms with Crippen molar-refractivity contribution < 1.29 is 19.0 Å². The van der Waals surface area contributed by atoms with Crippen LogP contribution in [0.2, 0.25) is 5.02 Å². The second-order valence-corrected chi connectivity index (χ2v) is 7.06. The van der Waals surface area contributed by atoms with Crippen molar-refractivity contribution >= 4 is 23.3 Å². The molecule has 1 heterocycles. The number of nitrogens with zero attached hydrogens (tertiary/aromatic N) is 1. The van der Waals surface area contributed by atoms with Crippen molar-refractivity contribution in [1.29, 1.82) is 0 Å². The zero-order valence-corrected chi connectivity index (χ0v) is 16.7. The molecule has 28 heavy (non-hydrogen) atoms. The Balaban J connectivity index is 1.42. The maximum absolute atomic E-state index is 12.4. The van der Waals surface area contributed by atoms with E-state index in [0.717, 1.165) is 19.4 Å². The quantitative estimate of drug-likeness (QED) is 0.706. The number of ether oxygens (including phenoxy) is 3. The summed E-state index contributed by atoms with van der Waals surface area (Å²) >= 11 is 5.85. The zero-order valence-electron chi connectivity index (χ0n) is 15.9. The third kappa shape index (κ3) is 6.32. The van der Waals surface area contributed by atoms with Gasteiger partial charge in [-0.1, -0.05) is 17.7 Å². The summed E-state index contributed by atoms with van der Waals surface area (Å²) in [6, 6.07) is 14.3. The molecule has 2 aromatic carbocycles. The summed E-state index contributed by atoms with van der Waals surface area (Å²) in [7, 11) is 1.72. The van der Waals surface area contributed by atoms with Crippen molar-refractivity contribution in [2.45, 2.75) is 18.9 Å². The molecule has 1 N–H and O–H groups in total. The number of likely N-dealkylation sites (N-methyl/N-ethyl adjacent to an activating group) is 1. The van der Waals surface area contributed by atoms with Crippen LogP contribution in [0, 0.1) is 0 Å². The topological polar surface area (TPSA) is 60.0 Å². The summed E-state index contributed by atoms with van der Waals surface area (Å²) < 4.78 is 17.0. The molecule has 3 rings (SSSR count). The van der Waals surface area contributed by atoms with Gasteiger partial charge >= 0.3 is 6.03 Å². The Morgan fingerprint density at radius 1 is 1.21 bits per heavy atom. The molecule has 1 atom stereocenters. The average Bonchev–Trinajstić information content (AvgIpc) is 3.22. The van der Waals surface area contributed by atoms with E-state index in [2.05, 4.69) is 5.32 Å². The number of benzene rings is 2. The minimum Gasteiger partial charge on any atom is -0.492 e. The summed E-state index contributed by atoms with van der Waals surface area (Å²) in [6.45, 7) is 2.16. The Hall–Kier alpha value is -2.44. The second-order valence-electron chi connectivity index (χ2n) is 6.63. The van der Waals surface area contributed by atoms with E-state index in [0.29, 0.717) is 42.0 Å². The van der Waals surface area contributed by atoms with Crippen LogP contribution in [0.4, 0.5) is 10.5 Å². The lowest BCUT2D eigenvalue weighted by Crippen LogP contribution is -2.34. The first-order chi connectivity index (χ1) is 13.6. The predicted octanol–water partition coefficient (Wildman–Crippen LogP) is 4.44. The number of urea groups is 1. The molecule has 150 valence electrons. The fourth-order valence-electron chi connectivity index (χ4n) is 2.78. The Kier molecular flexibility index (Phi) is 7.39. The van der Waals surface area contributed by atoms with Gasteiger partial charge in [0, 0.05) is 30.4 Å². The highest BCUT2D eigenvalue weighted by molar-refractivity contribution is 6.30. The first-order valence-electron chi connectivity index (χ1n) is 9.35. The lowest BCUT2D eigenvalue weighted by atomic mass is 10.2. The molecular formula is C21H25ClN2O4. The maximum atomic E-state index is 12.4. The lowest BCUT2D eigenvalue weighted by molar-refractivity contribution is 0.0680. The van der Waals surface area contributed by atoms with E-state index >= 15 is 0 Å². The van der Waals surface area contributed by atoms with E-state index in [4.69, 9.17) is 25.8 Å². The van der Waals surface area contributed by atoms with Crippen LogP contribution in [0.15, 0.2) is 48.5 Å². The Bertz CT molecular complexity index is 763. The number of hydrogen-bond donors (Lipinski definition) is 1. The standard InChI is InChI=1S/C21H25ClN2O4/c1-24(11-13-27-18-9-7-16(22)8-10-18)21(25)23-17-4-2-5-19(14-17)28-15-20-6-3-12-26-20/h2,4-5,7-10,14,20H,3,6,11-13,15H2,1H3,(H,23,25). The molecule has 0 spiro atoms. The van der Waals surface area contributed by atoms with Crippen molar-refractivity contribution in [3.05, 3.63) is 53.6 Å². The van der Waals surface area contributed by atoms with Gasteiger partial charge < -0.3 is 24.4 Å². The molecule has 0 aliphatic carbocycles. The molecule has 0 saturated carbocycles. The average molecular weight is 405 g/mol. The van der Waals surface area contributed by atoms with Gasteiger partial charge in [-0.3, -0.25) is 0 Å². The summed E-state index contributed by atoms with van der Waals surface area (Å²) in [5.74, 6) is 1.43. The molecule has 0 radical (unpaired) electrons. The monoisotopic (exact) mass is 404 g/mol. The number of amides is 2. The molecule has 7 heteroatoms. The molecule has 1 saturated heterocycles. The number of halogens is 1. The number of carbonyl (C=O) groups is 1. The molecule has 1 aliphatic rings. The second kappa shape index (κ2) is 10.2. The van der Waals surface area contributed by atoms with Crippen LogP contribution in [0.1, 0.15) is 12.8 Å². The summed E-state index contributed by atoms with van der Waals surface area (Å²) in [5, 5.41) is 3.53. The molecule has 2 aromatic rings. The van der Waals surface area contributed by atoms with Crippen LogP contribution < -0.4 is 14.8 Å². The van der Waals surface area contributed by atoms with E-state index in [1.165, 1.54) is 0 Å². The minimum absolute atomic E-state index is 0.157. The van der Waals surface area contributed by atoms with Crippen molar-refractivity contribution in [2.75, 3.05) is 38.7 Å². The van der Waals surface area contributed by atoms with Gasteiger partial charge in [0.15, 0.2) is 0 Å². The van der Waals surface area contributed by atoms with E-state index < -0.39 is 0 Å². The van der Waals surface area contributed by atoms with Gasteiger partial charge in [0.2, 0.25) is 0 Å². The van der Waals surface area contributed by atoms with Crippen LogP contribution in [0.25, 0.3) is 0 Å². The maximum Gasteiger partial charge on any atom is 0.321 e. The van der Waals surface area contributed by atoms with Crippen LogP contribution >= 0.6 is 11.6 Å². The summed E-state index contributed by atoms with van der Waals surface area (Å²) in [6.07, 6.45) is 2.27. The smallest absolute Gasteiger partial charge is 0.321 e. The summed E-state index contributed by atoms with van der Waals surface area (Å²) in [5.41, 5.74) is 0.681. The van der Waals surface area contributed by atoms with Crippen LogP contribution in [0.5, 0.6) is 11.5 Å². The molecule has 0 aromatic heterocycles. The highest BCUT2D eigenvalue weighted by Crippen LogP contribution is 2.20. The van der Waals surface area contributed by atoms with Crippen LogP contribution in [0.3, 0.4) is 0 Å². The number of nitrogens with one attached hydrogen (secondary N) is 1. The lowest BCUT2D eigenvalue weighted by Gasteiger charge is -2.19. The minimum atomic E-state index is -0.212. The zero-order chi connectivity index (χ0) is 19.8. The van der Waals surface area contributed by atoms with E-state index in [-0.39, 0.29) is 12.1 Å². The fourth-order valence-corrected chi connectivity index (χ4v) is 2.91. The van der Waals surface area contributed by atoms with Gasteiger partial charge in [-0.15, -0.1) is 0 Å². The van der Waals surface area contributed by atoms with Gasteiger partial charge in [0.05, 0.1) is 12.6 Å². The van der Waals surface area contributed by atoms with E-state index in [1.54, 1.807) is 36.2 Å². The van der Waals surface area contributed by atoms with Gasteiger partial charge in [-0.05, 0) is 49.2 Å². The Morgan fingerprint density at radius 3 is 2.79 bits per heavy atom. The number of carbonyl (C=O) groups excluding carboxylic acids is 1. The van der Waals surface area contributed by atoms with Gasteiger partial charge in [-0.25, -0.2) is 4.79 Å². The Morgan fingerprint density at radius 2 is 2.04 bits per heavy atom. The van der Waals surface area contributed by atoms with Gasteiger partial charge in [0.1, 0.15) is 24.7 Å². The summed E-state index contributed by atoms with van der Waals surface area (Å²) in [4.78, 5) is 13.9. The van der Waals surface area contributed by atoms with Gasteiger partial charge in [0.25, 0.3) is 0 Å². The van der Waals surface area contributed by atoms with E-state index in [1.807, 2.05) is 24.3 Å². The third-order valence-corrected chi connectivity index (χ3v) is 4.65. The largest absolute Gasteiger partial charge is 0.492 e. The Labute approximate surface area is 170 Å². The predicted molar refractivity (Wildman–Crippen MR) is 110 cm³/mol. The highest BCUT2D eigenvalue weighted by atomic mass is 35.5. The number of hydrogen-bond acceptors (Lipinski definition) is 4. The molecule has 1 fully saturated rings. The first-order valence-corrected chi connectivity index (χ1v) is 9.73. The molecule has 1 aliphatic heterocycles. The number of anilines is 1. The highest BCUT2D eigenvalue weighted by Gasteiger charge is 2.16. The van der Waals surface area contributed by atoms with Crippen molar-refractivity contribution in [3.8, 4) is 11.5 Å². The van der Waals surface area contributed by atoms with Gasteiger partial charge in [-0.2, -0.15) is 0 Å². The molecule has 0 bridgehead atoms.